The molecule has 0 saturated heterocycles. The van der Waals surface area contributed by atoms with E-state index in [0.29, 0.717) is 44.9 Å². The van der Waals surface area contributed by atoms with Crippen molar-refractivity contribution in [2.24, 2.45) is 0 Å². The average Bonchev–Trinajstić information content (AvgIpc) is 3.12. The highest BCUT2D eigenvalue weighted by molar-refractivity contribution is 6.33. The van der Waals surface area contributed by atoms with Crippen molar-refractivity contribution in [2.45, 2.75) is 13.5 Å². The zero-order valence-electron chi connectivity index (χ0n) is 16.5. The highest BCUT2D eigenvalue weighted by Gasteiger charge is 2.18. The van der Waals surface area contributed by atoms with Gasteiger partial charge in [0.05, 0.1) is 16.3 Å². The second kappa shape index (κ2) is 8.34. The molecule has 0 unspecified atom stereocenters. The summed E-state index contributed by atoms with van der Waals surface area (Å²) in [4.78, 5) is 12.6. The fraction of sp³-hybridized carbons (Fsp3) is 0.0909. The molecule has 0 saturated carbocycles. The van der Waals surface area contributed by atoms with Crippen molar-refractivity contribution in [1.82, 2.24) is 15.0 Å². The first-order valence-electron chi connectivity index (χ1n) is 9.24. The van der Waals surface area contributed by atoms with Crippen LogP contribution in [0.3, 0.4) is 0 Å². The summed E-state index contributed by atoms with van der Waals surface area (Å²) in [5, 5.41) is 10.0. The van der Waals surface area contributed by atoms with Crippen LogP contribution in [-0.2, 0) is 6.61 Å². The van der Waals surface area contributed by atoms with Gasteiger partial charge >= 0.3 is 0 Å². The van der Waals surface area contributed by atoms with E-state index in [9.17, 15) is 5.26 Å². The van der Waals surface area contributed by atoms with Crippen molar-refractivity contribution < 1.29 is 9.15 Å². The molecule has 8 nitrogen and oxygen atoms in total. The molecule has 0 radical (unpaired) electrons. The maximum absolute atomic E-state index is 9.50. The highest BCUT2D eigenvalue weighted by Crippen LogP contribution is 2.34. The number of benzene rings is 2. The van der Waals surface area contributed by atoms with E-state index >= 15 is 0 Å². The van der Waals surface area contributed by atoms with E-state index in [-0.39, 0.29) is 23.9 Å². The Hall–Kier alpha value is -4.09. The number of nitrogen functional groups attached to an aromatic ring is 2. The summed E-state index contributed by atoms with van der Waals surface area (Å²) < 4.78 is 11.8. The van der Waals surface area contributed by atoms with Crippen LogP contribution >= 0.6 is 11.6 Å². The summed E-state index contributed by atoms with van der Waals surface area (Å²) in [6.45, 7) is 1.94. The summed E-state index contributed by atoms with van der Waals surface area (Å²) in [5.74, 6) is 1.49. The normalized spacial score (nSPS) is 10.6. The van der Waals surface area contributed by atoms with E-state index in [0.717, 1.165) is 0 Å². The molecule has 0 amide bonds. The van der Waals surface area contributed by atoms with Crippen LogP contribution in [0.5, 0.6) is 5.75 Å². The Bertz CT molecular complexity index is 1310. The zero-order valence-corrected chi connectivity index (χ0v) is 17.2. The van der Waals surface area contributed by atoms with Gasteiger partial charge in [-0.05, 0) is 31.2 Å². The number of halogens is 1. The molecule has 2 aromatic carbocycles. The van der Waals surface area contributed by atoms with Gasteiger partial charge in [0.1, 0.15) is 41.3 Å². The highest BCUT2D eigenvalue weighted by atomic mass is 35.5. The molecular formula is C22H17ClN6O2. The lowest BCUT2D eigenvalue weighted by Crippen LogP contribution is -2.06. The number of hydrogen-bond acceptors (Lipinski definition) is 8. The first kappa shape index (κ1) is 20.2. The van der Waals surface area contributed by atoms with Crippen LogP contribution in [0.15, 0.2) is 52.9 Å². The lowest BCUT2D eigenvalue weighted by atomic mass is 10.1. The predicted molar refractivity (Wildman–Crippen MR) is 117 cm³/mol. The van der Waals surface area contributed by atoms with E-state index in [1.807, 2.05) is 30.3 Å². The van der Waals surface area contributed by atoms with Crippen LogP contribution in [0.1, 0.15) is 17.0 Å². The minimum Gasteiger partial charge on any atom is -0.486 e. The largest absolute Gasteiger partial charge is 0.486 e. The number of oxazole rings is 1. The number of aryl methyl sites for hydroxylation is 1. The summed E-state index contributed by atoms with van der Waals surface area (Å²) in [6.07, 6.45) is 0. The molecule has 0 spiro atoms. The van der Waals surface area contributed by atoms with Gasteiger partial charge in [-0.2, -0.15) is 10.2 Å². The molecule has 2 heterocycles. The number of nitriles is 1. The number of ether oxygens (including phenoxy) is 1. The number of nitrogens with zero attached hydrogens (tertiary/aromatic N) is 4. The summed E-state index contributed by atoms with van der Waals surface area (Å²) in [6, 6.07) is 16.5. The van der Waals surface area contributed by atoms with Crippen LogP contribution in [-0.4, -0.2) is 15.0 Å². The minimum absolute atomic E-state index is 0.0107. The van der Waals surface area contributed by atoms with E-state index in [1.165, 1.54) is 0 Å². The molecule has 0 aliphatic carbocycles. The average molecular weight is 433 g/mol. The van der Waals surface area contributed by atoms with Crippen molar-refractivity contribution in [2.75, 3.05) is 11.5 Å². The van der Waals surface area contributed by atoms with E-state index in [2.05, 4.69) is 15.0 Å². The minimum atomic E-state index is -0.0296. The Morgan fingerprint density at radius 2 is 1.74 bits per heavy atom. The van der Waals surface area contributed by atoms with Crippen molar-refractivity contribution in [3.05, 3.63) is 70.6 Å². The summed E-state index contributed by atoms with van der Waals surface area (Å²) in [5.41, 5.74) is 13.9. The van der Waals surface area contributed by atoms with Gasteiger partial charge in [0.2, 0.25) is 11.8 Å². The quantitative estimate of drug-likeness (QED) is 0.474. The Kier molecular flexibility index (Phi) is 5.43. The number of aromatic nitrogens is 3. The molecule has 2 aromatic heterocycles. The lowest BCUT2D eigenvalue weighted by Gasteiger charge is -2.12. The third kappa shape index (κ3) is 3.99. The first-order valence-corrected chi connectivity index (χ1v) is 9.62. The maximum atomic E-state index is 9.50. The Morgan fingerprint density at radius 1 is 1.03 bits per heavy atom. The Balaban J connectivity index is 1.65. The fourth-order valence-electron chi connectivity index (χ4n) is 3.05. The molecule has 31 heavy (non-hydrogen) atoms. The number of anilines is 2. The molecule has 0 fully saturated rings. The number of nitrogens with two attached hydrogens (primary N) is 2. The molecule has 0 aliphatic heterocycles. The van der Waals surface area contributed by atoms with Crippen LogP contribution in [0.2, 0.25) is 5.02 Å². The molecule has 4 aromatic rings. The van der Waals surface area contributed by atoms with E-state index < -0.39 is 0 Å². The molecule has 4 N–H and O–H groups in total. The molecule has 0 atom stereocenters. The second-order valence-electron chi connectivity index (χ2n) is 6.59. The van der Waals surface area contributed by atoms with E-state index in [4.69, 9.17) is 32.2 Å². The smallest absolute Gasteiger partial charge is 0.228 e. The van der Waals surface area contributed by atoms with Gasteiger partial charge < -0.3 is 20.6 Å². The van der Waals surface area contributed by atoms with Crippen molar-refractivity contribution in [1.29, 1.82) is 5.26 Å². The van der Waals surface area contributed by atoms with Crippen LogP contribution in [0.4, 0.5) is 11.8 Å². The third-order valence-corrected chi connectivity index (χ3v) is 4.90. The first-order chi connectivity index (χ1) is 15.0. The van der Waals surface area contributed by atoms with Crippen molar-refractivity contribution in [3.8, 4) is 34.5 Å². The van der Waals surface area contributed by atoms with Gasteiger partial charge in [0.25, 0.3) is 0 Å². The van der Waals surface area contributed by atoms with Crippen LogP contribution < -0.4 is 16.2 Å². The zero-order chi connectivity index (χ0) is 22.0. The second-order valence-corrected chi connectivity index (χ2v) is 7.00. The molecule has 9 heteroatoms. The van der Waals surface area contributed by atoms with Crippen molar-refractivity contribution in [3.63, 3.8) is 0 Å². The Morgan fingerprint density at radius 3 is 2.48 bits per heavy atom. The lowest BCUT2D eigenvalue weighted by molar-refractivity contribution is 0.300. The third-order valence-electron chi connectivity index (χ3n) is 4.57. The molecular weight excluding hydrogens is 416 g/mol. The van der Waals surface area contributed by atoms with Gasteiger partial charge in [0.15, 0.2) is 0 Å². The molecule has 0 aliphatic rings. The van der Waals surface area contributed by atoms with Gasteiger partial charge in [0, 0.05) is 5.56 Å². The number of para-hydroxylation sites is 1. The molecule has 4 rings (SSSR count). The SMILES string of the molecule is Cc1oc(-c2ccccc2Cl)nc1COc1ccccc1-c1nc(N)nc(N)c1C#N. The maximum Gasteiger partial charge on any atom is 0.228 e. The molecule has 0 bridgehead atoms. The van der Waals surface area contributed by atoms with Gasteiger partial charge in [-0.1, -0.05) is 35.9 Å². The Labute approximate surface area is 183 Å². The van der Waals surface area contributed by atoms with Crippen molar-refractivity contribution >= 4 is 23.4 Å². The topological polar surface area (TPSA) is 137 Å². The predicted octanol–water partition coefficient (Wildman–Crippen LogP) is 4.38. The summed E-state index contributed by atoms with van der Waals surface area (Å²) in [7, 11) is 0. The van der Waals surface area contributed by atoms with Gasteiger partial charge in [-0.15, -0.1) is 0 Å². The van der Waals surface area contributed by atoms with Crippen LogP contribution in [0.25, 0.3) is 22.7 Å². The van der Waals surface area contributed by atoms with Gasteiger partial charge in [-0.3, -0.25) is 0 Å². The fourth-order valence-corrected chi connectivity index (χ4v) is 3.26. The van der Waals surface area contributed by atoms with E-state index in [1.54, 1.807) is 31.2 Å². The summed E-state index contributed by atoms with van der Waals surface area (Å²) >= 11 is 6.25. The van der Waals surface area contributed by atoms with Gasteiger partial charge in [-0.25, -0.2) is 9.97 Å². The number of rotatable bonds is 5. The standard InChI is InChI=1S/C22H17ClN6O2/c1-12-17(27-21(31-12)13-6-2-4-8-16(13)23)11-30-18-9-5-3-7-14(18)19-15(10-24)20(25)29-22(26)28-19/h2-9H,11H2,1H3,(H4,25,26,28,29). The van der Waals surface area contributed by atoms with Crippen LogP contribution in [0, 0.1) is 18.3 Å². The monoisotopic (exact) mass is 432 g/mol. The molecule has 154 valence electrons. The number of hydrogen-bond donors (Lipinski definition) is 2.